The third-order valence-corrected chi connectivity index (χ3v) is 4.50. The number of carbonyl (C=O) groups is 2. The van der Waals surface area contributed by atoms with Gasteiger partial charge in [0.1, 0.15) is 0 Å². The van der Waals surface area contributed by atoms with E-state index in [2.05, 4.69) is 5.32 Å². The van der Waals surface area contributed by atoms with E-state index < -0.39 is 18.0 Å². The van der Waals surface area contributed by atoms with E-state index in [0.29, 0.717) is 26.9 Å². The molecule has 0 aromatic heterocycles. The summed E-state index contributed by atoms with van der Waals surface area (Å²) >= 11 is 12.0. The maximum absolute atomic E-state index is 12.9. The van der Waals surface area contributed by atoms with Crippen molar-refractivity contribution in [3.8, 4) is 0 Å². The smallest absolute Gasteiger partial charge is 0.339 e. The van der Waals surface area contributed by atoms with Gasteiger partial charge >= 0.3 is 5.97 Å². The molecule has 1 amide bonds. The van der Waals surface area contributed by atoms with E-state index in [9.17, 15) is 9.59 Å². The van der Waals surface area contributed by atoms with Crippen LogP contribution in [0.1, 0.15) is 27.6 Å². The first-order valence-corrected chi connectivity index (χ1v) is 9.28. The molecule has 0 fully saturated rings. The number of ether oxygens (including phenoxy) is 1. The fraction of sp³-hybridized carbons (Fsp3) is 0.0909. The van der Waals surface area contributed by atoms with Gasteiger partial charge in [-0.05, 0) is 36.8 Å². The summed E-state index contributed by atoms with van der Waals surface area (Å²) in [6, 6.07) is 20.5. The maximum Gasteiger partial charge on any atom is 0.339 e. The first kappa shape index (κ1) is 19.9. The van der Waals surface area contributed by atoms with Crippen molar-refractivity contribution in [1.82, 2.24) is 0 Å². The third-order valence-electron chi connectivity index (χ3n) is 4.06. The summed E-state index contributed by atoms with van der Waals surface area (Å²) in [5, 5.41) is 3.48. The van der Waals surface area contributed by atoms with Crippen LogP contribution in [0.5, 0.6) is 0 Å². The number of nitrogens with one attached hydrogen (secondary N) is 1. The van der Waals surface area contributed by atoms with Gasteiger partial charge in [0, 0.05) is 21.3 Å². The molecular formula is C22H17Cl2NO3. The second kappa shape index (κ2) is 8.91. The average Bonchev–Trinajstić information content (AvgIpc) is 2.66. The minimum Gasteiger partial charge on any atom is -0.444 e. The van der Waals surface area contributed by atoms with Gasteiger partial charge in [-0.1, -0.05) is 71.7 Å². The van der Waals surface area contributed by atoms with Crippen LogP contribution < -0.4 is 5.32 Å². The van der Waals surface area contributed by atoms with Crippen molar-refractivity contribution in [2.24, 2.45) is 0 Å². The van der Waals surface area contributed by atoms with E-state index in [1.807, 2.05) is 25.1 Å². The Labute approximate surface area is 173 Å². The molecule has 6 heteroatoms. The molecule has 3 aromatic rings. The molecule has 1 N–H and O–H groups in total. The number of benzene rings is 3. The van der Waals surface area contributed by atoms with Crippen LogP contribution in [0.2, 0.25) is 10.0 Å². The topological polar surface area (TPSA) is 55.4 Å². The summed E-state index contributed by atoms with van der Waals surface area (Å²) in [5.74, 6) is -1.09. The highest BCUT2D eigenvalue weighted by atomic mass is 35.5. The molecule has 1 atom stereocenters. The van der Waals surface area contributed by atoms with E-state index in [0.717, 1.165) is 5.56 Å². The zero-order valence-electron chi connectivity index (χ0n) is 15.0. The molecule has 0 saturated heterocycles. The molecule has 0 aliphatic rings. The fourth-order valence-electron chi connectivity index (χ4n) is 2.71. The SMILES string of the molecule is Cc1ccccc1C(=O)O[C@@H](C(=O)Nc1cc(Cl)cc(Cl)c1)c1ccccc1. The zero-order chi connectivity index (χ0) is 20.1. The van der Waals surface area contributed by atoms with Crippen molar-refractivity contribution in [2.45, 2.75) is 13.0 Å². The Morgan fingerprint density at radius 3 is 2.14 bits per heavy atom. The van der Waals surface area contributed by atoms with Crippen molar-refractivity contribution >= 4 is 40.8 Å². The molecule has 0 heterocycles. The molecule has 3 aromatic carbocycles. The van der Waals surface area contributed by atoms with Crippen LogP contribution in [-0.4, -0.2) is 11.9 Å². The summed E-state index contributed by atoms with van der Waals surface area (Å²) in [5.41, 5.74) is 2.13. The predicted molar refractivity (Wildman–Crippen MR) is 111 cm³/mol. The molecule has 28 heavy (non-hydrogen) atoms. The largest absolute Gasteiger partial charge is 0.444 e. The lowest BCUT2D eigenvalue weighted by molar-refractivity contribution is -0.125. The second-order valence-corrected chi connectivity index (χ2v) is 7.03. The highest BCUT2D eigenvalue weighted by Gasteiger charge is 2.26. The minimum absolute atomic E-state index is 0.385. The molecule has 0 saturated carbocycles. The minimum atomic E-state index is -1.13. The number of carbonyl (C=O) groups excluding carboxylic acids is 2. The Balaban J connectivity index is 1.88. The van der Waals surface area contributed by atoms with Gasteiger partial charge < -0.3 is 10.1 Å². The van der Waals surface area contributed by atoms with Gasteiger partial charge in [-0.25, -0.2) is 4.79 Å². The lowest BCUT2D eigenvalue weighted by Crippen LogP contribution is -2.26. The standard InChI is InChI=1S/C22H17Cl2NO3/c1-14-7-5-6-10-19(14)22(27)28-20(15-8-3-2-4-9-15)21(26)25-18-12-16(23)11-17(24)13-18/h2-13,20H,1H3,(H,25,26)/t20-/m1/s1. The molecule has 0 aliphatic carbocycles. The van der Waals surface area contributed by atoms with Crippen molar-refractivity contribution in [3.63, 3.8) is 0 Å². The normalized spacial score (nSPS) is 11.5. The highest BCUT2D eigenvalue weighted by molar-refractivity contribution is 6.35. The van der Waals surface area contributed by atoms with Crippen LogP contribution in [0.3, 0.4) is 0 Å². The number of halogens is 2. The van der Waals surface area contributed by atoms with Crippen LogP contribution in [-0.2, 0) is 9.53 Å². The molecule has 3 rings (SSSR count). The van der Waals surface area contributed by atoms with Crippen molar-refractivity contribution in [1.29, 1.82) is 0 Å². The van der Waals surface area contributed by atoms with Gasteiger partial charge in [0.05, 0.1) is 5.56 Å². The van der Waals surface area contributed by atoms with Crippen LogP contribution >= 0.6 is 23.2 Å². The molecule has 4 nitrogen and oxygen atoms in total. The van der Waals surface area contributed by atoms with E-state index in [-0.39, 0.29) is 0 Å². The highest BCUT2D eigenvalue weighted by Crippen LogP contribution is 2.26. The fourth-order valence-corrected chi connectivity index (χ4v) is 3.23. The number of aryl methyl sites for hydroxylation is 1. The molecule has 0 aliphatic heterocycles. The number of hydrogen-bond donors (Lipinski definition) is 1. The van der Waals surface area contributed by atoms with Gasteiger partial charge in [0.25, 0.3) is 5.91 Å². The third kappa shape index (κ3) is 4.91. The molecule has 0 radical (unpaired) electrons. The summed E-state index contributed by atoms with van der Waals surface area (Å²) < 4.78 is 5.58. The first-order chi connectivity index (χ1) is 13.4. The second-order valence-electron chi connectivity index (χ2n) is 6.16. The molecule has 142 valence electrons. The van der Waals surface area contributed by atoms with Crippen LogP contribution in [0.15, 0.2) is 72.8 Å². The van der Waals surface area contributed by atoms with Gasteiger partial charge in [0.2, 0.25) is 6.10 Å². The summed E-state index contributed by atoms with van der Waals surface area (Å²) in [4.78, 5) is 25.6. The van der Waals surface area contributed by atoms with E-state index in [1.165, 1.54) is 0 Å². The number of rotatable bonds is 5. The summed E-state index contributed by atoms with van der Waals surface area (Å²) in [6.45, 7) is 1.81. The maximum atomic E-state index is 12.9. The molecule has 0 bridgehead atoms. The van der Waals surface area contributed by atoms with Crippen molar-refractivity contribution in [2.75, 3.05) is 5.32 Å². The number of esters is 1. The number of hydrogen-bond acceptors (Lipinski definition) is 3. The van der Waals surface area contributed by atoms with Gasteiger partial charge in [-0.3, -0.25) is 4.79 Å². The number of anilines is 1. The van der Waals surface area contributed by atoms with E-state index >= 15 is 0 Å². The Kier molecular flexibility index (Phi) is 6.34. The number of amides is 1. The molecule has 0 spiro atoms. The van der Waals surface area contributed by atoms with Crippen LogP contribution in [0.4, 0.5) is 5.69 Å². The quantitative estimate of drug-likeness (QED) is 0.534. The first-order valence-electron chi connectivity index (χ1n) is 8.52. The van der Waals surface area contributed by atoms with Crippen molar-refractivity contribution in [3.05, 3.63) is 99.5 Å². The van der Waals surface area contributed by atoms with Gasteiger partial charge in [-0.2, -0.15) is 0 Å². The Hall–Kier alpha value is -2.82. The lowest BCUT2D eigenvalue weighted by atomic mass is 10.1. The monoisotopic (exact) mass is 413 g/mol. The Morgan fingerprint density at radius 2 is 1.50 bits per heavy atom. The summed E-state index contributed by atoms with van der Waals surface area (Å²) in [6.07, 6.45) is -1.13. The van der Waals surface area contributed by atoms with Crippen molar-refractivity contribution < 1.29 is 14.3 Å². The average molecular weight is 414 g/mol. The van der Waals surface area contributed by atoms with Crippen LogP contribution in [0.25, 0.3) is 0 Å². The Bertz CT molecular complexity index is 985. The van der Waals surface area contributed by atoms with Gasteiger partial charge in [-0.15, -0.1) is 0 Å². The molecule has 0 unspecified atom stereocenters. The Morgan fingerprint density at radius 1 is 0.893 bits per heavy atom. The van der Waals surface area contributed by atoms with E-state index in [1.54, 1.807) is 54.6 Å². The van der Waals surface area contributed by atoms with E-state index in [4.69, 9.17) is 27.9 Å². The zero-order valence-corrected chi connectivity index (χ0v) is 16.5. The summed E-state index contributed by atoms with van der Waals surface area (Å²) in [7, 11) is 0. The van der Waals surface area contributed by atoms with Crippen LogP contribution in [0, 0.1) is 6.92 Å². The molecular weight excluding hydrogens is 397 g/mol. The lowest BCUT2D eigenvalue weighted by Gasteiger charge is -2.19. The predicted octanol–water partition coefficient (Wildman–Crippen LogP) is 5.84. The van der Waals surface area contributed by atoms with Gasteiger partial charge in [0.15, 0.2) is 0 Å².